The molecule has 2 N–H and O–H groups in total. The minimum absolute atomic E-state index is 0. The number of amides is 1. The molecule has 0 aromatic carbocycles. The van der Waals surface area contributed by atoms with E-state index in [4.69, 9.17) is 0 Å². The molecule has 0 aromatic heterocycles. The summed E-state index contributed by atoms with van der Waals surface area (Å²) in [5, 5.41) is 4.91. The van der Waals surface area contributed by atoms with Gasteiger partial charge in [0.15, 0.2) is 0 Å². The van der Waals surface area contributed by atoms with Gasteiger partial charge in [0.05, 0.1) is 0 Å². The molecule has 1 amide bonds. The second-order valence-corrected chi connectivity index (χ2v) is 4.84. The Morgan fingerprint density at radius 2 is 1.84 bits per heavy atom. The monoisotopic (exact) mass is 302 g/mol. The van der Waals surface area contributed by atoms with Crippen molar-refractivity contribution >= 4 is 18.3 Å². The molecular weight excluding hydrogens is 281 g/mol. The maximum atomic E-state index is 13.0. The Morgan fingerprint density at radius 1 is 1.26 bits per heavy atom. The van der Waals surface area contributed by atoms with E-state index in [-0.39, 0.29) is 18.8 Å². The van der Waals surface area contributed by atoms with Crippen molar-refractivity contribution in [3.63, 3.8) is 0 Å². The molecular formula is C12H22ClF3N2O. The van der Waals surface area contributed by atoms with E-state index >= 15 is 0 Å². The highest BCUT2D eigenvalue weighted by Gasteiger charge is 2.45. The molecule has 1 unspecified atom stereocenters. The van der Waals surface area contributed by atoms with Crippen LogP contribution in [0.15, 0.2) is 0 Å². The van der Waals surface area contributed by atoms with Crippen molar-refractivity contribution in [2.75, 3.05) is 13.6 Å². The quantitative estimate of drug-likeness (QED) is 0.820. The topological polar surface area (TPSA) is 41.1 Å². The van der Waals surface area contributed by atoms with Crippen LogP contribution < -0.4 is 10.6 Å². The molecule has 0 spiro atoms. The Kier molecular flexibility index (Phi) is 8.41. The first kappa shape index (κ1) is 18.5. The lowest BCUT2D eigenvalue weighted by Crippen LogP contribution is -2.51. The molecule has 7 heteroatoms. The van der Waals surface area contributed by atoms with Gasteiger partial charge in [-0.05, 0) is 25.8 Å². The molecule has 1 saturated carbocycles. The molecule has 1 fully saturated rings. The zero-order chi connectivity index (χ0) is 13.6. The highest BCUT2D eigenvalue weighted by molar-refractivity contribution is 5.85. The molecule has 1 atom stereocenters. The van der Waals surface area contributed by atoms with Gasteiger partial charge in [0.2, 0.25) is 5.91 Å². The molecule has 0 heterocycles. The van der Waals surface area contributed by atoms with Crippen LogP contribution in [0.5, 0.6) is 0 Å². The van der Waals surface area contributed by atoms with Crippen molar-refractivity contribution in [3.05, 3.63) is 0 Å². The van der Waals surface area contributed by atoms with Crippen molar-refractivity contribution in [2.45, 2.75) is 50.7 Å². The fourth-order valence-electron chi connectivity index (χ4n) is 2.42. The predicted molar refractivity (Wildman–Crippen MR) is 70.4 cm³/mol. The standard InChI is InChI=1S/C12H21F3N2O.ClH/c1-16-8-7-10(18)17-11(12(13,14)15)9-5-3-2-4-6-9;/h9,11,16H,2-8H2,1H3,(H,17,18);1H. The first-order valence-corrected chi connectivity index (χ1v) is 6.46. The molecule has 0 radical (unpaired) electrons. The van der Waals surface area contributed by atoms with Crippen LogP contribution in [0.2, 0.25) is 0 Å². The second kappa shape index (κ2) is 8.64. The molecule has 0 aromatic rings. The van der Waals surface area contributed by atoms with E-state index in [9.17, 15) is 18.0 Å². The van der Waals surface area contributed by atoms with Crippen LogP contribution in [0.4, 0.5) is 13.2 Å². The first-order chi connectivity index (χ1) is 8.45. The number of rotatable bonds is 5. The predicted octanol–water partition coefficient (Wildman–Crippen LogP) is 2.65. The maximum absolute atomic E-state index is 13.0. The summed E-state index contributed by atoms with van der Waals surface area (Å²) in [5.41, 5.74) is 0. The summed E-state index contributed by atoms with van der Waals surface area (Å²) in [5.74, 6) is -0.991. The Bertz CT molecular complexity index is 268. The lowest BCUT2D eigenvalue weighted by molar-refractivity contribution is -0.174. The van der Waals surface area contributed by atoms with Crippen LogP contribution in [0, 0.1) is 5.92 Å². The summed E-state index contributed by atoms with van der Waals surface area (Å²) >= 11 is 0. The van der Waals surface area contributed by atoms with Crippen molar-refractivity contribution in [2.24, 2.45) is 5.92 Å². The van der Waals surface area contributed by atoms with Crippen molar-refractivity contribution in [1.29, 1.82) is 0 Å². The summed E-state index contributed by atoms with van der Waals surface area (Å²) < 4.78 is 38.9. The minimum atomic E-state index is -4.35. The van der Waals surface area contributed by atoms with Gasteiger partial charge >= 0.3 is 6.18 Å². The van der Waals surface area contributed by atoms with E-state index in [1.54, 1.807) is 7.05 Å². The molecule has 1 aliphatic carbocycles. The SMILES string of the molecule is CNCCC(=O)NC(C1CCCCC1)C(F)(F)F.Cl. The molecule has 1 rings (SSSR count). The normalized spacial score (nSPS) is 18.5. The van der Waals surface area contributed by atoms with Crippen molar-refractivity contribution in [1.82, 2.24) is 10.6 Å². The summed E-state index contributed by atoms with van der Waals surface area (Å²) in [6.07, 6.45) is -0.526. The number of halogens is 4. The van der Waals surface area contributed by atoms with Crippen LogP contribution in [-0.4, -0.2) is 31.7 Å². The fraction of sp³-hybridized carbons (Fsp3) is 0.917. The molecule has 1 aliphatic rings. The first-order valence-electron chi connectivity index (χ1n) is 6.46. The van der Waals surface area contributed by atoms with Gasteiger partial charge in [0, 0.05) is 13.0 Å². The van der Waals surface area contributed by atoms with Crippen molar-refractivity contribution in [3.8, 4) is 0 Å². The average molecular weight is 303 g/mol. The Balaban J connectivity index is 0.00000324. The minimum Gasteiger partial charge on any atom is -0.344 e. The van der Waals surface area contributed by atoms with E-state index in [2.05, 4.69) is 10.6 Å². The van der Waals surface area contributed by atoms with Crippen LogP contribution in [0.25, 0.3) is 0 Å². The second-order valence-electron chi connectivity index (χ2n) is 4.84. The van der Waals surface area contributed by atoms with Gasteiger partial charge in [0.1, 0.15) is 6.04 Å². The van der Waals surface area contributed by atoms with Gasteiger partial charge in [0.25, 0.3) is 0 Å². The van der Waals surface area contributed by atoms with Gasteiger partial charge in [-0.2, -0.15) is 13.2 Å². The fourth-order valence-corrected chi connectivity index (χ4v) is 2.42. The third-order valence-corrected chi connectivity index (χ3v) is 3.39. The lowest BCUT2D eigenvalue weighted by atomic mass is 9.83. The number of hydrogen-bond donors (Lipinski definition) is 2. The molecule has 0 saturated heterocycles. The molecule has 0 bridgehead atoms. The Morgan fingerprint density at radius 3 is 2.32 bits per heavy atom. The van der Waals surface area contributed by atoms with Gasteiger partial charge in [-0.15, -0.1) is 12.4 Å². The van der Waals surface area contributed by atoms with Gasteiger partial charge in [-0.3, -0.25) is 4.79 Å². The number of alkyl halides is 3. The van der Waals surface area contributed by atoms with E-state index in [0.717, 1.165) is 19.3 Å². The number of nitrogens with one attached hydrogen (secondary N) is 2. The van der Waals surface area contributed by atoms with Crippen LogP contribution in [0.3, 0.4) is 0 Å². The lowest BCUT2D eigenvalue weighted by Gasteiger charge is -2.32. The molecule has 114 valence electrons. The van der Waals surface area contributed by atoms with E-state index in [1.165, 1.54) is 0 Å². The number of hydrogen-bond acceptors (Lipinski definition) is 2. The number of carbonyl (C=O) groups is 1. The number of carbonyl (C=O) groups excluding carboxylic acids is 1. The molecule has 3 nitrogen and oxygen atoms in total. The zero-order valence-corrected chi connectivity index (χ0v) is 11.9. The van der Waals surface area contributed by atoms with E-state index < -0.39 is 24.0 Å². The van der Waals surface area contributed by atoms with E-state index in [0.29, 0.717) is 19.4 Å². The maximum Gasteiger partial charge on any atom is 0.408 e. The smallest absolute Gasteiger partial charge is 0.344 e. The summed E-state index contributed by atoms with van der Waals surface area (Å²) in [6, 6.07) is -1.68. The summed E-state index contributed by atoms with van der Waals surface area (Å²) in [4.78, 5) is 11.5. The summed E-state index contributed by atoms with van der Waals surface area (Å²) in [6.45, 7) is 0.390. The van der Waals surface area contributed by atoms with E-state index in [1.807, 2.05) is 0 Å². The summed E-state index contributed by atoms with van der Waals surface area (Å²) in [7, 11) is 1.66. The largest absolute Gasteiger partial charge is 0.408 e. The van der Waals surface area contributed by atoms with Crippen molar-refractivity contribution < 1.29 is 18.0 Å². The molecule has 19 heavy (non-hydrogen) atoms. The van der Waals surface area contributed by atoms with Crippen LogP contribution >= 0.6 is 12.4 Å². The van der Waals surface area contributed by atoms with Crippen LogP contribution in [0.1, 0.15) is 38.5 Å². The zero-order valence-electron chi connectivity index (χ0n) is 11.1. The third-order valence-electron chi connectivity index (χ3n) is 3.39. The van der Waals surface area contributed by atoms with Crippen LogP contribution in [-0.2, 0) is 4.79 Å². The van der Waals surface area contributed by atoms with Gasteiger partial charge in [-0.1, -0.05) is 19.3 Å². The Labute approximate surface area is 118 Å². The Hall–Kier alpha value is -0.490. The highest BCUT2D eigenvalue weighted by Crippen LogP contribution is 2.34. The third kappa shape index (κ3) is 6.47. The molecule has 0 aliphatic heterocycles. The highest BCUT2D eigenvalue weighted by atomic mass is 35.5. The van der Waals surface area contributed by atoms with Gasteiger partial charge < -0.3 is 10.6 Å². The van der Waals surface area contributed by atoms with Gasteiger partial charge in [-0.25, -0.2) is 0 Å². The average Bonchev–Trinajstić information content (AvgIpc) is 2.33.